The maximum Gasteiger partial charge on any atom is 0.177 e. The molecular formula is C15H22N6O. The molecule has 0 radical (unpaired) electrons. The molecule has 0 N–H and O–H groups in total. The lowest BCUT2D eigenvalue weighted by atomic mass is 10.0. The van der Waals surface area contributed by atoms with E-state index in [1.807, 2.05) is 12.1 Å². The molecule has 0 aromatic carbocycles. The zero-order valence-corrected chi connectivity index (χ0v) is 12.9. The number of nitrogens with zero attached hydrogens (tertiary/aromatic N) is 6. The average molecular weight is 302 g/mol. The third kappa shape index (κ3) is 2.66. The number of likely N-dealkylation sites (N-methyl/N-ethyl adjacent to an activating group) is 1. The molecule has 4 rings (SSSR count). The van der Waals surface area contributed by atoms with Crippen LogP contribution >= 0.6 is 0 Å². The Morgan fingerprint density at radius 1 is 1.32 bits per heavy atom. The molecule has 0 spiro atoms. The summed E-state index contributed by atoms with van der Waals surface area (Å²) < 4.78 is 7.56. The van der Waals surface area contributed by atoms with Gasteiger partial charge in [0, 0.05) is 32.3 Å². The minimum Gasteiger partial charge on any atom is -0.377 e. The molecular weight excluding hydrogens is 280 g/mol. The lowest BCUT2D eigenvalue weighted by Crippen LogP contribution is -2.60. The van der Waals surface area contributed by atoms with Crippen LogP contribution in [0.5, 0.6) is 0 Å². The molecule has 0 amide bonds. The minimum atomic E-state index is 0.416. The number of rotatable bonds is 4. The molecule has 2 aromatic rings. The molecule has 0 aliphatic carbocycles. The van der Waals surface area contributed by atoms with Crippen LogP contribution in [0.25, 0.3) is 5.65 Å². The van der Waals surface area contributed by atoms with Crippen molar-refractivity contribution in [2.45, 2.75) is 31.4 Å². The molecule has 2 aliphatic rings. The fourth-order valence-corrected chi connectivity index (χ4v) is 3.23. The largest absolute Gasteiger partial charge is 0.377 e. The fourth-order valence-electron chi connectivity index (χ4n) is 3.23. The van der Waals surface area contributed by atoms with Gasteiger partial charge in [0.25, 0.3) is 0 Å². The van der Waals surface area contributed by atoms with Gasteiger partial charge in [-0.15, -0.1) is 15.3 Å². The van der Waals surface area contributed by atoms with Crippen molar-refractivity contribution in [1.29, 1.82) is 0 Å². The van der Waals surface area contributed by atoms with Gasteiger partial charge < -0.3 is 9.64 Å². The Bertz CT molecular complexity index is 632. The summed E-state index contributed by atoms with van der Waals surface area (Å²) in [5, 5.41) is 12.4. The van der Waals surface area contributed by atoms with Crippen molar-refractivity contribution < 1.29 is 4.74 Å². The Morgan fingerprint density at radius 3 is 3.05 bits per heavy atom. The maximum absolute atomic E-state index is 5.83. The standard InChI is InChI=1S/C15H22N6O/c1-19(10-13-4-2-3-7-22-13)12-8-20(9-12)15-6-5-14-17-16-11-21(14)18-15/h5-6,11-13H,2-4,7-10H2,1H3. The number of fused-ring (bicyclic) bond motifs is 1. The summed E-state index contributed by atoms with van der Waals surface area (Å²) >= 11 is 0. The molecule has 2 saturated heterocycles. The van der Waals surface area contributed by atoms with Gasteiger partial charge in [-0.25, -0.2) is 0 Å². The molecule has 0 bridgehead atoms. The van der Waals surface area contributed by atoms with E-state index in [0.29, 0.717) is 12.1 Å². The van der Waals surface area contributed by atoms with E-state index in [9.17, 15) is 0 Å². The molecule has 7 heteroatoms. The topological polar surface area (TPSA) is 58.8 Å². The van der Waals surface area contributed by atoms with Gasteiger partial charge in [0.05, 0.1) is 6.10 Å². The van der Waals surface area contributed by atoms with E-state index in [-0.39, 0.29) is 0 Å². The zero-order chi connectivity index (χ0) is 14.9. The van der Waals surface area contributed by atoms with Crippen molar-refractivity contribution in [2.75, 3.05) is 38.2 Å². The number of hydrogen-bond donors (Lipinski definition) is 0. The quantitative estimate of drug-likeness (QED) is 0.833. The van der Waals surface area contributed by atoms with Crippen LogP contribution in [-0.2, 0) is 4.74 Å². The van der Waals surface area contributed by atoms with E-state index in [0.717, 1.165) is 37.7 Å². The van der Waals surface area contributed by atoms with E-state index in [4.69, 9.17) is 4.74 Å². The Labute approximate surface area is 129 Å². The summed E-state index contributed by atoms with van der Waals surface area (Å²) in [6, 6.07) is 4.57. The van der Waals surface area contributed by atoms with Gasteiger partial charge in [-0.05, 0) is 38.4 Å². The molecule has 22 heavy (non-hydrogen) atoms. The predicted molar refractivity (Wildman–Crippen MR) is 83.0 cm³/mol. The van der Waals surface area contributed by atoms with Gasteiger partial charge >= 0.3 is 0 Å². The van der Waals surface area contributed by atoms with Crippen molar-refractivity contribution in [3.63, 3.8) is 0 Å². The lowest BCUT2D eigenvalue weighted by Gasteiger charge is -2.45. The average Bonchev–Trinajstić information content (AvgIpc) is 2.94. The Balaban J connectivity index is 1.32. The smallest absolute Gasteiger partial charge is 0.177 e. The first kappa shape index (κ1) is 13.9. The van der Waals surface area contributed by atoms with Crippen LogP contribution in [-0.4, -0.2) is 70.1 Å². The molecule has 1 atom stereocenters. The summed E-state index contributed by atoms with van der Waals surface area (Å²) in [7, 11) is 2.20. The summed E-state index contributed by atoms with van der Waals surface area (Å²) in [6.07, 6.45) is 5.78. The van der Waals surface area contributed by atoms with Crippen molar-refractivity contribution >= 4 is 11.5 Å². The molecule has 0 saturated carbocycles. The van der Waals surface area contributed by atoms with Crippen LogP contribution in [0.4, 0.5) is 5.82 Å². The summed E-state index contributed by atoms with van der Waals surface area (Å²) in [4.78, 5) is 4.73. The van der Waals surface area contributed by atoms with Gasteiger partial charge in [-0.2, -0.15) is 4.52 Å². The highest BCUT2D eigenvalue weighted by Gasteiger charge is 2.32. The number of aromatic nitrogens is 4. The van der Waals surface area contributed by atoms with Crippen LogP contribution in [0.1, 0.15) is 19.3 Å². The highest BCUT2D eigenvalue weighted by Crippen LogP contribution is 2.22. The first-order chi connectivity index (χ1) is 10.8. The van der Waals surface area contributed by atoms with Crippen molar-refractivity contribution in [3.8, 4) is 0 Å². The monoisotopic (exact) mass is 302 g/mol. The first-order valence-corrected chi connectivity index (χ1v) is 8.03. The van der Waals surface area contributed by atoms with E-state index >= 15 is 0 Å². The summed E-state index contributed by atoms with van der Waals surface area (Å²) in [5.74, 6) is 0.992. The second kappa shape index (κ2) is 5.81. The number of ether oxygens (including phenoxy) is 1. The van der Waals surface area contributed by atoms with E-state index in [1.54, 1.807) is 10.8 Å². The second-order valence-electron chi connectivity index (χ2n) is 6.31. The van der Waals surface area contributed by atoms with Crippen LogP contribution in [0, 0.1) is 0 Å². The highest BCUT2D eigenvalue weighted by molar-refractivity contribution is 5.47. The van der Waals surface area contributed by atoms with Crippen LogP contribution in [0.15, 0.2) is 18.5 Å². The third-order valence-electron chi connectivity index (χ3n) is 4.72. The minimum absolute atomic E-state index is 0.416. The predicted octanol–water partition coefficient (Wildman–Crippen LogP) is 0.814. The molecule has 118 valence electrons. The molecule has 2 aromatic heterocycles. The fraction of sp³-hybridized carbons (Fsp3) is 0.667. The molecule has 2 aliphatic heterocycles. The number of hydrogen-bond acceptors (Lipinski definition) is 6. The molecule has 1 unspecified atom stereocenters. The zero-order valence-electron chi connectivity index (χ0n) is 12.9. The van der Waals surface area contributed by atoms with Crippen LogP contribution in [0.3, 0.4) is 0 Å². The van der Waals surface area contributed by atoms with Crippen molar-refractivity contribution in [1.82, 2.24) is 24.7 Å². The van der Waals surface area contributed by atoms with E-state index in [1.165, 1.54) is 19.3 Å². The Morgan fingerprint density at radius 2 is 2.23 bits per heavy atom. The van der Waals surface area contributed by atoms with Crippen LogP contribution < -0.4 is 4.90 Å². The first-order valence-electron chi connectivity index (χ1n) is 8.03. The Kier molecular flexibility index (Phi) is 3.67. The summed E-state index contributed by atoms with van der Waals surface area (Å²) in [6.45, 7) is 4.00. The SMILES string of the molecule is CN(CC1CCCCO1)C1CN(c2ccc3nncn3n2)C1. The maximum atomic E-state index is 5.83. The van der Waals surface area contributed by atoms with Crippen molar-refractivity contribution in [3.05, 3.63) is 18.5 Å². The molecule has 4 heterocycles. The van der Waals surface area contributed by atoms with Crippen LogP contribution in [0.2, 0.25) is 0 Å². The van der Waals surface area contributed by atoms with Gasteiger partial charge in [0.2, 0.25) is 0 Å². The van der Waals surface area contributed by atoms with E-state index in [2.05, 4.69) is 32.1 Å². The highest BCUT2D eigenvalue weighted by atomic mass is 16.5. The molecule has 7 nitrogen and oxygen atoms in total. The molecule has 2 fully saturated rings. The van der Waals surface area contributed by atoms with Gasteiger partial charge in [-0.1, -0.05) is 0 Å². The normalized spacial score (nSPS) is 23.2. The van der Waals surface area contributed by atoms with Crippen molar-refractivity contribution in [2.24, 2.45) is 0 Å². The summed E-state index contributed by atoms with van der Waals surface area (Å²) in [5.41, 5.74) is 0.785. The van der Waals surface area contributed by atoms with Gasteiger partial charge in [0.15, 0.2) is 5.65 Å². The third-order valence-corrected chi connectivity index (χ3v) is 4.72. The Hall–Kier alpha value is -1.73. The lowest BCUT2D eigenvalue weighted by molar-refractivity contribution is -0.0102. The number of anilines is 1. The second-order valence-corrected chi connectivity index (χ2v) is 6.31. The van der Waals surface area contributed by atoms with Gasteiger partial charge in [-0.3, -0.25) is 4.90 Å². The van der Waals surface area contributed by atoms with E-state index < -0.39 is 0 Å². The van der Waals surface area contributed by atoms with Gasteiger partial charge in [0.1, 0.15) is 12.1 Å².